The van der Waals surface area contributed by atoms with Crippen LogP contribution in [0.25, 0.3) is 16.7 Å². The third-order valence-electron chi connectivity index (χ3n) is 8.52. The van der Waals surface area contributed by atoms with E-state index in [2.05, 4.69) is 87.7 Å². The SMILES string of the molecule is C#C.CC(C)(C)O.CCc1c(C2=CCC(C)(C)CC2)cc2c(c1C)N(C)Cc1cc(OC)ccc1-2.O=CCN1CCCCC1.O=CO. The highest BCUT2D eigenvalue weighted by Gasteiger charge is 2.28. The molecule has 0 bridgehead atoms. The summed E-state index contributed by atoms with van der Waals surface area (Å²) in [7, 11) is 3.96. The molecule has 47 heavy (non-hydrogen) atoms. The summed E-state index contributed by atoms with van der Waals surface area (Å²) in [5, 5.41) is 15.4. The van der Waals surface area contributed by atoms with Crippen LogP contribution in [-0.4, -0.2) is 67.3 Å². The Morgan fingerprint density at radius 3 is 2.11 bits per heavy atom. The molecule has 0 unspecified atom stereocenters. The number of carbonyl (C=O) groups excluding carboxylic acids is 1. The lowest BCUT2D eigenvalue weighted by molar-refractivity contribution is -0.122. The van der Waals surface area contributed by atoms with Crippen LogP contribution in [0.1, 0.15) is 102 Å². The van der Waals surface area contributed by atoms with E-state index in [1.807, 2.05) is 0 Å². The van der Waals surface area contributed by atoms with E-state index in [1.165, 1.54) is 77.6 Å². The number of carbonyl (C=O) groups is 2. The van der Waals surface area contributed by atoms with Gasteiger partial charge in [0.15, 0.2) is 0 Å². The Labute approximate surface area is 285 Å². The number of anilines is 1. The van der Waals surface area contributed by atoms with Crippen LogP contribution < -0.4 is 9.64 Å². The number of likely N-dealkylation sites (tertiary alicyclic amines) is 1. The second kappa shape index (κ2) is 19.9. The van der Waals surface area contributed by atoms with Gasteiger partial charge in [-0.25, -0.2) is 0 Å². The Kier molecular flexibility index (Phi) is 17.6. The number of ether oxygens (including phenoxy) is 1. The fourth-order valence-electron chi connectivity index (χ4n) is 6.28. The van der Waals surface area contributed by atoms with E-state index in [-0.39, 0.29) is 6.47 Å². The molecule has 7 nitrogen and oxygen atoms in total. The van der Waals surface area contributed by atoms with E-state index < -0.39 is 5.60 Å². The van der Waals surface area contributed by atoms with Gasteiger partial charge >= 0.3 is 0 Å². The number of hydrogen-bond acceptors (Lipinski definition) is 6. The molecule has 0 radical (unpaired) electrons. The standard InChI is InChI=1S/C26H33NO.C7H13NO.C4H10O.C2H2.CH2O2/c1-7-21-17(2)25-24(15-23(21)18-10-12-26(3,4)13-11-18)22-9-8-20(28-6)14-19(22)16-27(25)5;9-7-6-8-4-2-1-3-5-8;1-4(2,3)5;1-2;2-1-3/h8-10,14-15H,7,11-13,16H2,1-6H3;7H,1-6H2;5H,1-3H3;1-2H;1H,(H,2,3). The summed E-state index contributed by atoms with van der Waals surface area (Å²) in [6, 6.07) is 9.01. The molecule has 0 amide bonds. The van der Waals surface area contributed by atoms with E-state index in [1.54, 1.807) is 33.5 Å². The molecule has 2 aromatic carbocycles. The zero-order valence-corrected chi connectivity index (χ0v) is 30.5. The van der Waals surface area contributed by atoms with Crippen molar-refractivity contribution in [1.82, 2.24) is 4.90 Å². The molecule has 7 heteroatoms. The molecule has 0 saturated carbocycles. The largest absolute Gasteiger partial charge is 0.497 e. The smallest absolute Gasteiger partial charge is 0.290 e. The Morgan fingerprint density at radius 1 is 1.02 bits per heavy atom. The average molecular weight is 649 g/mol. The van der Waals surface area contributed by atoms with Gasteiger partial charge in [0.2, 0.25) is 0 Å². The summed E-state index contributed by atoms with van der Waals surface area (Å²) < 4.78 is 5.47. The number of aliphatic hydroxyl groups is 1. The fraction of sp³-hybridized carbons (Fsp3) is 0.550. The lowest BCUT2D eigenvalue weighted by Crippen LogP contribution is -2.31. The van der Waals surface area contributed by atoms with Gasteiger partial charge in [-0.3, -0.25) is 9.69 Å². The number of aldehydes is 1. The quantitative estimate of drug-likeness (QED) is 0.250. The number of benzene rings is 2. The number of terminal acetylenes is 1. The van der Waals surface area contributed by atoms with Crippen molar-refractivity contribution < 1.29 is 24.5 Å². The van der Waals surface area contributed by atoms with Crippen LogP contribution in [0, 0.1) is 25.2 Å². The first-order valence-electron chi connectivity index (χ1n) is 16.7. The Bertz CT molecular complexity index is 1320. The molecule has 0 spiro atoms. The van der Waals surface area contributed by atoms with E-state index in [0.29, 0.717) is 12.0 Å². The van der Waals surface area contributed by atoms with Gasteiger partial charge in [-0.2, -0.15) is 0 Å². The molecular formula is C40H60N2O5. The van der Waals surface area contributed by atoms with E-state index >= 15 is 0 Å². The molecule has 1 saturated heterocycles. The van der Waals surface area contributed by atoms with Gasteiger partial charge in [0.1, 0.15) is 12.0 Å². The molecule has 0 atom stereocenters. The van der Waals surface area contributed by atoms with Crippen LogP contribution in [0.15, 0.2) is 30.3 Å². The van der Waals surface area contributed by atoms with Gasteiger partial charge in [0.25, 0.3) is 6.47 Å². The summed E-state index contributed by atoms with van der Waals surface area (Å²) in [6.45, 7) is 18.2. The molecule has 3 aliphatic rings. The van der Waals surface area contributed by atoms with Crippen molar-refractivity contribution in [3.05, 3.63) is 52.6 Å². The highest BCUT2D eigenvalue weighted by molar-refractivity contribution is 5.90. The Morgan fingerprint density at radius 2 is 1.62 bits per heavy atom. The third-order valence-corrected chi connectivity index (χ3v) is 8.52. The van der Waals surface area contributed by atoms with Crippen molar-refractivity contribution in [1.29, 1.82) is 0 Å². The van der Waals surface area contributed by atoms with Crippen molar-refractivity contribution in [3.63, 3.8) is 0 Å². The molecule has 2 N–H and O–H groups in total. The van der Waals surface area contributed by atoms with Crippen molar-refractivity contribution in [2.45, 2.75) is 106 Å². The number of methoxy groups -OCH3 is 1. The number of piperidine rings is 1. The number of hydrogen-bond donors (Lipinski definition) is 2. The fourth-order valence-corrected chi connectivity index (χ4v) is 6.28. The summed E-state index contributed by atoms with van der Waals surface area (Å²) >= 11 is 0. The molecule has 260 valence electrons. The minimum absolute atomic E-state index is 0.250. The number of nitrogens with zero attached hydrogens (tertiary/aromatic N) is 2. The molecule has 0 aromatic heterocycles. The lowest BCUT2D eigenvalue weighted by atomic mass is 9.75. The Hall–Kier alpha value is -3.60. The van der Waals surface area contributed by atoms with Crippen molar-refractivity contribution >= 4 is 24.0 Å². The summed E-state index contributed by atoms with van der Waals surface area (Å²) in [5.41, 5.74) is 11.4. The maximum absolute atomic E-state index is 10.0. The van der Waals surface area contributed by atoms with Gasteiger partial charge in [0, 0.05) is 24.8 Å². The summed E-state index contributed by atoms with van der Waals surface area (Å²) in [4.78, 5) is 23.0. The van der Waals surface area contributed by atoms with E-state index in [4.69, 9.17) is 19.7 Å². The predicted molar refractivity (Wildman–Crippen MR) is 197 cm³/mol. The maximum atomic E-state index is 10.0. The Balaban J connectivity index is 0.000000477. The van der Waals surface area contributed by atoms with Crippen LogP contribution in [0.3, 0.4) is 0 Å². The van der Waals surface area contributed by atoms with Crippen LogP contribution in [0.5, 0.6) is 5.75 Å². The summed E-state index contributed by atoms with van der Waals surface area (Å²) in [6.07, 6.45) is 20.1. The van der Waals surface area contributed by atoms with E-state index in [0.717, 1.165) is 38.1 Å². The highest BCUT2D eigenvalue weighted by atomic mass is 16.5. The minimum Gasteiger partial charge on any atom is -0.497 e. The molecular weight excluding hydrogens is 588 g/mol. The zero-order chi connectivity index (χ0) is 35.8. The second-order valence-corrected chi connectivity index (χ2v) is 14.1. The summed E-state index contributed by atoms with van der Waals surface area (Å²) in [5.74, 6) is 0.940. The average Bonchev–Trinajstić information content (AvgIpc) is 3.02. The predicted octanol–water partition coefficient (Wildman–Crippen LogP) is 8.17. The number of allylic oxidation sites excluding steroid dienone is 2. The first-order chi connectivity index (χ1) is 22.2. The van der Waals surface area contributed by atoms with Gasteiger partial charge in [0.05, 0.1) is 19.3 Å². The maximum Gasteiger partial charge on any atom is 0.290 e. The van der Waals surface area contributed by atoms with Crippen LogP contribution in [-0.2, 0) is 22.6 Å². The molecule has 2 aliphatic heterocycles. The minimum atomic E-state index is -0.500. The number of rotatable bonds is 5. The monoisotopic (exact) mass is 648 g/mol. The van der Waals surface area contributed by atoms with Gasteiger partial charge in [-0.05, 0) is 136 Å². The van der Waals surface area contributed by atoms with Gasteiger partial charge in [-0.1, -0.05) is 39.3 Å². The number of carboxylic acid groups (broad SMARTS) is 1. The van der Waals surface area contributed by atoms with E-state index in [9.17, 15) is 4.79 Å². The van der Waals surface area contributed by atoms with Crippen molar-refractivity contribution in [3.8, 4) is 29.7 Å². The molecule has 2 heterocycles. The van der Waals surface area contributed by atoms with Crippen molar-refractivity contribution in [2.24, 2.45) is 5.41 Å². The second-order valence-electron chi connectivity index (χ2n) is 14.1. The normalized spacial score (nSPS) is 16.3. The van der Waals surface area contributed by atoms with Crippen LogP contribution in [0.2, 0.25) is 0 Å². The van der Waals surface area contributed by atoms with Gasteiger partial charge in [-0.15, -0.1) is 12.8 Å². The molecule has 1 fully saturated rings. The number of fused-ring (bicyclic) bond motifs is 3. The van der Waals surface area contributed by atoms with Crippen molar-refractivity contribution in [2.75, 3.05) is 38.7 Å². The van der Waals surface area contributed by atoms with Crippen LogP contribution >= 0.6 is 0 Å². The van der Waals surface area contributed by atoms with Crippen LogP contribution in [0.4, 0.5) is 5.69 Å². The molecule has 1 aliphatic carbocycles. The van der Waals surface area contributed by atoms with Gasteiger partial charge < -0.3 is 24.6 Å². The lowest BCUT2D eigenvalue weighted by Gasteiger charge is -2.35. The molecule has 5 rings (SSSR count). The first kappa shape index (κ1) is 41.4. The molecule has 2 aromatic rings. The topological polar surface area (TPSA) is 90.3 Å². The third kappa shape index (κ3) is 13.2. The highest BCUT2D eigenvalue weighted by Crippen LogP contribution is 2.47. The zero-order valence-electron chi connectivity index (χ0n) is 30.5. The first-order valence-corrected chi connectivity index (χ1v) is 16.7.